The van der Waals surface area contributed by atoms with E-state index in [1.54, 1.807) is 6.20 Å². The Morgan fingerprint density at radius 2 is 2.60 bits per heavy atom. The summed E-state index contributed by atoms with van der Waals surface area (Å²) in [7, 11) is 0. The van der Waals surface area contributed by atoms with Crippen LogP contribution >= 0.6 is 23.1 Å². The van der Waals surface area contributed by atoms with Gasteiger partial charge in [0.15, 0.2) is 0 Å². The first-order valence-electron chi connectivity index (χ1n) is 2.89. The molecule has 0 atom stereocenters. The van der Waals surface area contributed by atoms with Crippen molar-refractivity contribution in [3.05, 3.63) is 6.20 Å². The first-order valence-corrected chi connectivity index (χ1v) is 4.20. The second-order valence-electron chi connectivity index (χ2n) is 1.63. The highest BCUT2D eigenvalue weighted by atomic mass is 35.5. The summed E-state index contributed by atoms with van der Waals surface area (Å²) in [4.78, 5) is 0. The fraction of sp³-hybridized carbons (Fsp3) is 0.600. The minimum atomic E-state index is 0.631. The van der Waals surface area contributed by atoms with E-state index in [4.69, 9.17) is 16.3 Å². The van der Waals surface area contributed by atoms with Gasteiger partial charge in [0.05, 0.1) is 6.61 Å². The van der Waals surface area contributed by atoms with E-state index in [0.29, 0.717) is 12.5 Å². The summed E-state index contributed by atoms with van der Waals surface area (Å²) >= 11 is 6.68. The van der Waals surface area contributed by atoms with Crippen LogP contribution in [0.4, 0.5) is 0 Å². The van der Waals surface area contributed by atoms with Gasteiger partial charge in [-0.1, -0.05) is 4.49 Å². The molecule has 0 saturated carbocycles. The molecule has 0 saturated heterocycles. The van der Waals surface area contributed by atoms with E-state index in [2.05, 4.69) is 9.59 Å². The maximum Gasteiger partial charge on any atom is 0.214 e. The third-order valence-corrected chi connectivity index (χ3v) is 1.71. The second-order valence-corrected chi connectivity index (χ2v) is 2.75. The molecule has 0 spiro atoms. The molecule has 56 valence electrons. The van der Waals surface area contributed by atoms with E-state index in [0.717, 1.165) is 11.5 Å². The van der Waals surface area contributed by atoms with Gasteiger partial charge in [0, 0.05) is 17.4 Å². The fourth-order valence-electron chi connectivity index (χ4n) is 0.449. The van der Waals surface area contributed by atoms with Crippen LogP contribution in [0.2, 0.25) is 0 Å². The van der Waals surface area contributed by atoms with Crippen LogP contribution in [0.15, 0.2) is 6.20 Å². The van der Waals surface area contributed by atoms with Gasteiger partial charge in [-0.05, 0) is 6.42 Å². The molecule has 1 rings (SSSR count). The van der Waals surface area contributed by atoms with Crippen molar-refractivity contribution >= 4 is 23.1 Å². The molecule has 0 bridgehead atoms. The summed E-state index contributed by atoms with van der Waals surface area (Å²) in [5.74, 6) is 0.631. The molecule has 0 aromatic carbocycles. The molecule has 0 unspecified atom stereocenters. The van der Waals surface area contributed by atoms with Crippen LogP contribution < -0.4 is 4.74 Å². The zero-order valence-electron chi connectivity index (χ0n) is 5.29. The van der Waals surface area contributed by atoms with Crippen LogP contribution in [0.1, 0.15) is 6.42 Å². The van der Waals surface area contributed by atoms with Crippen LogP contribution in [-0.4, -0.2) is 22.1 Å². The first-order chi connectivity index (χ1) is 4.93. The van der Waals surface area contributed by atoms with E-state index >= 15 is 0 Å². The Bertz CT molecular complexity index is 168. The topological polar surface area (TPSA) is 35.0 Å². The van der Waals surface area contributed by atoms with Crippen molar-refractivity contribution in [2.45, 2.75) is 6.42 Å². The molecular weight excluding hydrogens is 172 g/mol. The largest absolute Gasteiger partial charge is 0.482 e. The van der Waals surface area contributed by atoms with E-state index in [9.17, 15) is 0 Å². The van der Waals surface area contributed by atoms with Crippen molar-refractivity contribution in [2.24, 2.45) is 0 Å². The van der Waals surface area contributed by atoms with Crippen LogP contribution in [0.5, 0.6) is 5.06 Å². The van der Waals surface area contributed by atoms with Crippen molar-refractivity contribution in [1.82, 2.24) is 9.59 Å². The molecule has 3 nitrogen and oxygen atoms in total. The molecule has 0 amide bonds. The van der Waals surface area contributed by atoms with E-state index in [1.807, 2.05) is 0 Å². The maximum atomic E-state index is 5.43. The van der Waals surface area contributed by atoms with E-state index in [1.165, 1.54) is 11.5 Å². The van der Waals surface area contributed by atoms with Gasteiger partial charge in [-0.2, -0.15) is 0 Å². The predicted molar refractivity (Wildman–Crippen MR) is 40.7 cm³/mol. The molecular formula is C5H7ClN2OS. The van der Waals surface area contributed by atoms with Crippen LogP contribution in [-0.2, 0) is 0 Å². The third-order valence-electron chi connectivity index (χ3n) is 0.863. The number of nitrogens with zero attached hydrogens (tertiary/aromatic N) is 2. The highest BCUT2D eigenvalue weighted by Crippen LogP contribution is 2.12. The smallest absolute Gasteiger partial charge is 0.214 e. The van der Waals surface area contributed by atoms with Crippen molar-refractivity contribution in [3.8, 4) is 5.06 Å². The molecule has 0 aliphatic rings. The van der Waals surface area contributed by atoms with Gasteiger partial charge in [0.1, 0.15) is 6.20 Å². The Balaban J connectivity index is 2.15. The lowest BCUT2D eigenvalue weighted by Gasteiger charge is -1.97. The molecule has 0 N–H and O–H groups in total. The number of rotatable bonds is 4. The molecule has 0 fully saturated rings. The molecule has 1 heterocycles. The summed E-state index contributed by atoms with van der Waals surface area (Å²) < 4.78 is 8.83. The standard InChI is InChI=1S/C5H7ClN2OS/c6-2-1-3-9-5-4-7-8-10-5/h4H,1-3H2. The van der Waals surface area contributed by atoms with Crippen molar-refractivity contribution in [1.29, 1.82) is 0 Å². The number of ether oxygens (including phenoxy) is 1. The predicted octanol–water partition coefficient (Wildman–Crippen LogP) is 1.55. The van der Waals surface area contributed by atoms with Crippen molar-refractivity contribution < 1.29 is 4.74 Å². The SMILES string of the molecule is ClCCCOc1cnns1. The lowest BCUT2D eigenvalue weighted by molar-refractivity contribution is 0.327. The Morgan fingerprint density at radius 3 is 3.20 bits per heavy atom. The number of hydrogen-bond acceptors (Lipinski definition) is 4. The Labute approximate surface area is 68.1 Å². The molecule has 10 heavy (non-hydrogen) atoms. The fourth-order valence-corrected chi connectivity index (χ4v) is 0.963. The molecule has 1 aromatic heterocycles. The Morgan fingerprint density at radius 1 is 1.70 bits per heavy atom. The van der Waals surface area contributed by atoms with Crippen molar-refractivity contribution in [3.63, 3.8) is 0 Å². The van der Waals surface area contributed by atoms with Crippen LogP contribution in [0.25, 0.3) is 0 Å². The molecule has 0 aliphatic heterocycles. The van der Waals surface area contributed by atoms with Gasteiger partial charge in [0.25, 0.3) is 0 Å². The van der Waals surface area contributed by atoms with Crippen molar-refractivity contribution in [2.75, 3.05) is 12.5 Å². The second kappa shape index (κ2) is 4.46. The molecule has 0 radical (unpaired) electrons. The molecule has 1 aromatic rings. The number of aromatic nitrogens is 2. The van der Waals surface area contributed by atoms with Gasteiger partial charge in [0.2, 0.25) is 5.06 Å². The van der Waals surface area contributed by atoms with Gasteiger partial charge in [-0.3, -0.25) is 0 Å². The van der Waals surface area contributed by atoms with Gasteiger partial charge in [-0.15, -0.1) is 16.7 Å². The summed E-state index contributed by atoms with van der Waals surface area (Å²) in [6.45, 7) is 0.646. The summed E-state index contributed by atoms with van der Waals surface area (Å²) in [6.07, 6.45) is 2.46. The Hall–Kier alpha value is -0.350. The highest BCUT2D eigenvalue weighted by Gasteiger charge is 1.93. The van der Waals surface area contributed by atoms with Gasteiger partial charge < -0.3 is 4.74 Å². The lowest BCUT2D eigenvalue weighted by Crippen LogP contribution is -1.95. The average Bonchev–Trinajstić information content (AvgIpc) is 2.41. The quantitative estimate of drug-likeness (QED) is 0.518. The van der Waals surface area contributed by atoms with E-state index < -0.39 is 0 Å². The van der Waals surface area contributed by atoms with Gasteiger partial charge >= 0.3 is 0 Å². The summed E-state index contributed by atoms with van der Waals surface area (Å²) in [5.41, 5.74) is 0. The Kier molecular flexibility index (Phi) is 3.46. The zero-order chi connectivity index (χ0) is 7.23. The van der Waals surface area contributed by atoms with E-state index in [-0.39, 0.29) is 0 Å². The summed E-state index contributed by atoms with van der Waals surface area (Å²) in [5, 5.41) is 4.37. The maximum absolute atomic E-state index is 5.43. The minimum absolute atomic E-state index is 0.631. The molecule has 5 heteroatoms. The van der Waals surface area contributed by atoms with Crippen LogP contribution in [0, 0.1) is 0 Å². The highest BCUT2D eigenvalue weighted by molar-refractivity contribution is 7.07. The lowest BCUT2D eigenvalue weighted by atomic mass is 10.5. The monoisotopic (exact) mass is 178 g/mol. The van der Waals surface area contributed by atoms with Gasteiger partial charge in [-0.25, -0.2) is 0 Å². The van der Waals surface area contributed by atoms with Crippen LogP contribution in [0.3, 0.4) is 0 Å². The summed E-state index contributed by atoms with van der Waals surface area (Å²) in [6, 6.07) is 0. The zero-order valence-corrected chi connectivity index (χ0v) is 6.86. The number of hydrogen-bond donors (Lipinski definition) is 0. The average molecular weight is 179 g/mol. The molecule has 0 aliphatic carbocycles. The number of halogens is 1. The number of alkyl halides is 1. The third kappa shape index (κ3) is 2.49. The first kappa shape index (κ1) is 7.75. The normalized spacial score (nSPS) is 9.70. The minimum Gasteiger partial charge on any atom is -0.482 e.